The lowest BCUT2D eigenvalue weighted by Gasteiger charge is -2.18. The van der Waals surface area contributed by atoms with E-state index in [1.54, 1.807) is 0 Å². The number of fused-ring (bicyclic) bond motifs is 6. The van der Waals surface area contributed by atoms with Crippen molar-refractivity contribution in [3.05, 3.63) is 108 Å². The van der Waals surface area contributed by atoms with Crippen LogP contribution in [0.25, 0.3) is 65.9 Å². The molecule has 0 aliphatic carbocycles. The highest BCUT2D eigenvalue weighted by Crippen LogP contribution is 2.44. The van der Waals surface area contributed by atoms with Gasteiger partial charge in [-0.05, 0) is 48.2 Å². The van der Waals surface area contributed by atoms with Crippen molar-refractivity contribution in [3.8, 4) is 22.3 Å². The number of H-pyrrole nitrogens is 2. The van der Waals surface area contributed by atoms with Gasteiger partial charge in [-0.3, -0.25) is 0 Å². The van der Waals surface area contributed by atoms with Crippen LogP contribution in [0.15, 0.2) is 97.1 Å². The fraction of sp³-hybridized carbons (Fsp3) is 0.0625. The second kappa shape index (κ2) is 7.10. The number of hydrogen-bond donors (Lipinski definition) is 2. The highest BCUT2D eigenvalue weighted by molar-refractivity contribution is 6.16. The summed E-state index contributed by atoms with van der Waals surface area (Å²) < 4.78 is 0. The number of benzene rings is 5. The summed E-state index contributed by atoms with van der Waals surface area (Å²) in [5.41, 5.74) is 12.4. The largest absolute Gasteiger partial charge is 0.354 e. The number of rotatable bonds is 2. The maximum absolute atomic E-state index is 3.72. The second-order valence-corrected chi connectivity index (χ2v) is 9.25. The standard InChI is InChI=1S/C32H24N2/c1-19-17-18-20(2)30(26-14-8-12-24-22-10-4-6-16-28(22)34-32(24)26)29(19)25-13-7-11-23-21-9-3-5-15-27(21)33-31(23)25/h3-18,33-34H,1-2H3. The molecule has 2 nitrogen and oxygen atoms in total. The van der Waals surface area contributed by atoms with E-state index in [-0.39, 0.29) is 0 Å². The van der Waals surface area contributed by atoms with Gasteiger partial charge in [-0.2, -0.15) is 0 Å². The number of para-hydroxylation sites is 4. The third-order valence-electron chi connectivity index (χ3n) is 7.24. The van der Waals surface area contributed by atoms with E-state index < -0.39 is 0 Å². The molecule has 7 aromatic rings. The molecule has 5 aromatic carbocycles. The van der Waals surface area contributed by atoms with Gasteiger partial charge in [-0.15, -0.1) is 0 Å². The fourth-order valence-corrected chi connectivity index (χ4v) is 5.67. The molecule has 162 valence electrons. The van der Waals surface area contributed by atoms with Gasteiger partial charge < -0.3 is 9.97 Å². The van der Waals surface area contributed by atoms with Gasteiger partial charge in [0.05, 0.1) is 11.0 Å². The summed E-state index contributed by atoms with van der Waals surface area (Å²) >= 11 is 0. The van der Waals surface area contributed by atoms with Gasteiger partial charge in [0.15, 0.2) is 0 Å². The van der Waals surface area contributed by atoms with Crippen molar-refractivity contribution in [1.29, 1.82) is 0 Å². The number of aromatic amines is 2. The van der Waals surface area contributed by atoms with Crippen LogP contribution in [0.5, 0.6) is 0 Å². The molecule has 2 N–H and O–H groups in total. The van der Waals surface area contributed by atoms with E-state index in [2.05, 4.69) is 121 Å². The van der Waals surface area contributed by atoms with Gasteiger partial charge in [0.25, 0.3) is 0 Å². The molecule has 2 heterocycles. The van der Waals surface area contributed by atoms with Gasteiger partial charge in [0.1, 0.15) is 0 Å². The van der Waals surface area contributed by atoms with E-state index in [1.165, 1.54) is 77.0 Å². The Bertz CT molecular complexity index is 1740. The zero-order chi connectivity index (χ0) is 22.8. The average Bonchev–Trinajstić information content (AvgIpc) is 3.44. The highest BCUT2D eigenvalue weighted by atomic mass is 14.7. The third-order valence-corrected chi connectivity index (χ3v) is 7.24. The molecule has 0 aliphatic rings. The molecule has 0 fully saturated rings. The first-order valence-corrected chi connectivity index (χ1v) is 11.8. The Hall–Kier alpha value is -4.30. The highest BCUT2D eigenvalue weighted by Gasteiger charge is 2.19. The van der Waals surface area contributed by atoms with Crippen LogP contribution in [-0.2, 0) is 0 Å². The molecular formula is C32H24N2. The van der Waals surface area contributed by atoms with Gasteiger partial charge in [0, 0.05) is 43.7 Å². The zero-order valence-electron chi connectivity index (χ0n) is 19.2. The van der Waals surface area contributed by atoms with Crippen LogP contribution in [-0.4, -0.2) is 9.97 Å². The lowest BCUT2D eigenvalue weighted by atomic mass is 9.86. The fourth-order valence-electron chi connectivity index (χ4n) is 5.67. The van der Waals surface area contributed by atoms with Crippen LogP contribution >= 0.6 is 0 Å². The summed E-state index contributed by atoms with van der Waals surface area (Å²) in [4.78, 5) is 7.44. The predicted molar refractivity (Wildman–Crippen MR) is 146 cm³/mol. The van der Waals surface area contributed by atoms with Gasteiger partial charge in [-0.25, -0.2) is 0 Å². The van der Waals surface area contributed by atoms with E-state index in [9.17, 15) is 0 Å². The van der Waals surface area contributed by atoms with E-state index >= 15 is 0 Å². The van der Waals surface area contributed by atoms with E-state index in [1.807, 2.05) is 0 Å². The van der Waals surface area contributed by atoms with Crippen molar-refractivity contribution >= 4 is 43.6 Å². The van der Waals surface area contributed by atoms with Crippen LogP contribution in [0.4, 0.5) is 0 Å². The first kappa shape index (κ1) is 19.2. The topological polar surface area (TPSA) is 31.6 Å². The molecule has 0 radical (unpaired) electrons. The van der Waals surface area contributed by atoms with Crippen LogP contribution in [0.1, 0.15) is 11.1 Å². The first-order valence-electron chi connectivity index (χ1n) is 11.8. The summed E-state index contributed by atoms with van der Waals surface area (Å²) in [6, 6.07) is 35.0. The van der Waals surface area contributed by atoms with Gasteiger partial charge >= 0.3 is 0 Å². The maximum atomic E-state index is 3.72. The normalized spacial score (nSPS) is 11.8. The predicted octanol–water partition coefficient (Wildman–Crippen LogP) is 8.91. The van der Waals surface area contributed by atoms with Crippen molar-refractivity contribution in [2.75, 3.05) is 0 Å². The zero-order valence-corrected chi connectivity index (χ0v) is 19.2. The monoisotopic (exact) mass is 436 g/mol. The number of hydrogen-bond acceptors (Lipinski definition) is 0. The molecule has 0 aliphatic heterocycles. The Morgan fingerprint density at radius 1 is 0.412 bits per heavy atom. The van der Waals surface area contributed by atoms with Crippen LogP contribution < -0.4 is 0 Å². The molecule has 0 bridgehead atoms. The van der Waals surface area contributed by atoms with Crippen molar-refractivity contribution in [2.45, 2.75) is 13.8 Å². The number of aromatic nitrogens is 2. The Kier molecular flexibility index (Phi) is 4.01. The molecule has 34 heavy (non-hydrogen) atoms. The van der Waals surface area contributed by atoms with E-state index in [4.69, 9.17) is 0 Å². The molecule has 0 atom stereocenters. The quantitative estimate of drug-likeness (QED) is 0.271. The van der Waals surface area contributed by atoms with E-state index in [0.29, 0.717) is 0 Å². The summed E-state index contributed by atoms with van der Waals surface area (Å²) in [7, 11) is 0. The molecule has 2 heteroatoms. The summed E-state index contributed by atoms with van der Waals surface area (Å²) in [5.74, 6) is 0. The number of nitrogens with one attached hydrogen (secondary N) is 2. The van der Waals surface area contributed by atoms with Gasteiger partial charge in [-0.1, -0.05) is 84.9 Å². The minimum absolute atomic E-state index is 1.18. The van der Waals surface area contributed by atoms with Crippen molar-refractivity contribution in [3.63, 3.8) is 0 Å². The summed E-state index contributed by atoms with van der Waals surface area (Å²) in [6.45, 7) is 4.45. The molecule has 0 saturated heterocycles. The molecule has 2 aromatic heterocycles. The van der Waals surface area contributed by atoms with Crippen molar-refractivity contribution in [1.82, 2.24) is 9.97 Å². The maximum Gasteiger partial charge on any atom is 0.0544 e. The van der Waals surface area contributed by atoms with Crippen LogP contribution in [0.2, 0.25) is 0 Å². The minimum atomic E-state index is 1.18. The lowest BCUT2D eigenvalue weighted by Crippen LogP contribution is -1.94. The molecule has 0 amide bonds. The van der Waals surface area contributed by atoms with Crippen LogP contribution in [0.3, 0.4) is 0 Å². The number of aryl methyl sites for hydroxylation is 2. The SMILES string of the molecule is Cc1ccc(C)c(-c2cccc3c2[nH]c2ccccc23)c1-c1cccc2c1[nH]c1ccccc12. The minimum Gasteiger partial charge on any atom is -0.354 e. The average molecular weight is 437 g/mol. The van der Waals surface area contributed by atoms with Crippen LogP contribution in [0, 0.1) is 13.8 Å². The van der Waals surface area contributed by atoms with Crippen molar-refractivity contribution in [2.24, 2.45) is 0 Å². The second-order valence-electron chi connectivity index (χ2n) is 9.25. The molecular weight excluding hydrogens is 412 g/mol. The first-order chi connectivity index (χ1) is 16.7. The smallest absolute Gasteiger partial charge is 0.0544 e. The molecule has 0 saturated carbocycles. The molecule has 0 unspecified atom stereocenters. The summed E-state index contributed by atoms with van der Waals surface area (Å²) in [5, 5.41) is 5.07. The van der Waals surface area contributed by atoms with E-state index in [0.717, 1.165) is 0 Å². The third kappa shape index (κ3) is 2.63. The Labute approximate surface area is 197 Å². The van der Waals surface area contributed by atoms with Crippen molar-refractivity contribution < 1.29 is 0 Å². The Balaban J connectivity index is 1.61. The molecule has 0 spiro atoms. The molecule has 7 rings (SSSR count). The lowest BCUT2D eigenvalue weighted by molar-refractivity contribution is 1.39. The Morgan fingerprint density at radius 3 is 1.29 bits per heavy atom. The summed E-state index contributed by atoms with van der Waals surface area (Å²) in [6.07, 6.45) is 0. The Morgan fingerprint density at radius 2 is 0.824 bits per heavy atom. The van der Waals surface area contributed by atoms with Gasteiger partial charge in [0.2, 0.25) is 0 Å².